The van der Waals surface area contributed by atoms with E-state index >= 15 is 0 Å². The van der Waals surface area contributed by atoms with E-state index in [1.54, 1.807) is 28.3 Å². The SMILES string of the molecule is N#Cc1nccn1Cc1sccc1Cl. The standard InChI is InChI=1S/C9H6ClN3S/c10-7-1-4-14-8(7)6-13-3-2-12-9(13)5-11/h1-4H,6H2. The number of nitriles is 1. The van der Waals surface area contributed by atoms with E-state index in [1.165, 1.54) is 0 Å². The molecule has 0 aliphatic heterocycles. The fraction of sp³-hybridized carbons (Fsp3) is 0.111. The Morgan fingerprint density at radius 1 is 1.64 bits per heavy atom. The Morgan fingerprint density at radius 3 is 3.14 bits per heavy atom. The minimum Gasteiger partial charge on any atom is -0.317 e. The summed E-state index contributed by atoms with van der Waals surface area (Å²) in [5.74, 6) is 0.412. The highest BCUT2D eigenvalue weighted by atomic mass is 35.5. The zero-order valence-corrected chi connectivity index (χ0v) is 8.72. The highest BCUT2D eigenvalue weighted by Gasteiger charge is 2.05. The molecule has 0 aromatic carbocycles. The zero-order chi connectivity index (χ0) is 9.97. The summed E-state index contributed by atoms with van der Waals surface area (Å²) < 4.78 is 1.78. The van der Waals surface area contributed by atoms with Crippen LogP contribution in [0, 0.1) is 11.3 Å². The number of hydrogen-bond acceptors (Lipinski definition) is 3. The first kappa shape index (κ1) is 9.25. The van der Waals surface area contributed by atoms with Gasteiger partial charge in [0.25, 0.3) is 0 Å². The van der Waals surface area contributed by atoms with Crippen LogP contribution in [0.1, 0.15) is 10.7 Å². The van der Waals surface area contributed by atoms with Gasteiger partial charge in [-0.25, -0.2) is 4.98 Å². The molecule has 0 spiro atoms. The van der Waals surface area contributed by atoms with E-state index in [-0.39, 0.29) is 0 Å². The summed E-state index contributed by atoms with van der Waals surface area (Å²) in [4.78, 5) is 4.95. The predicted octanol–water partition coefficient (Wildman–Crippen LogP) is 2.52. The summed E-state index contributed by atoms with van der Waals surface area (Å²) in [5.41, 5.74) is 0. The molecule has 0 aliphatic rings. The third kappa shape index (κ3) is 1.65. The third-order valence-electron chi connectivity index (χ3n) is 1.82. The Morgan fingerprint density at radius 2 is 2.50 bits per heavy atom. The Kier molecular flexibility index (Phi) is 2.53. The van der Waals surface area contributed by atoms with E-state index in [0.717, 1.165) is 9.90 Å². The molecule has 14 heavy (non-hydrogen) atoms. The summed E-state index contributed by atoms with van der Waals surface area (Å²) in [6, 6.07) is 3.87. The van der Waals surface area contributed by atoms with Crippen LogP contribution in [-0.2, 0) is 6.54 Å². The van der Waals surface area contributed by atoms with Crippen LogP contribution in [0.15, 0.2) is 23.8 Å². The zero-order valence-electron chi connectivity index (χ0n) is 7.14. The van der Waals surface area contributed by atoms with Gasteiger partial charge in [0.1, 0.15) is 6.07 Å². The number of rotatable bonds is 2. The molecular formula is C9H6ClN3S. The van der Waals surface area contributed by atoms with Gasteiger partial charge in [-0.2, -0.15) is 5.26 Å². The average Bonchev–Trinajstić information content (AvgIpc) is 2.77. The minimum atomic E-state index is 0.412. The summed E-state index contributed by atoms with van der Waals surface area (Å²) in [7, 11) is 0. The van der Waals surface area contributed by atoms with Crippen molar-refractivity contribution in [3.63, 3.8) is 0 Å². The number of thiophene rings is 1. The first-order valence-electron chi connectivity index (χ1n) is 3.94. The van der Waals surface area contributed by atoms with Crippen LogP contribution in [0.4, 0.5) is 0 Å². The van der Waals surface area contributed by atoms with Crippen molar-refractivity contribution in [2.24, 2.45) is 0 Å². The molecule has 2 rings (SSSR count). The molecule has 0 radical (unpaired) electrons. The van der Waals surface area contributed by atoms with Gasteiger partial charge >= 0.3 is 0 Å². The van der Waals surface area contributed by atoms with Gasteiger partial charge in [-0.15, -0.1) is 11.3 Å². The molecule has 0 unspecified atom stereocenters. The Bertz CT molecular complexity index is 480. The van der Waals surface area contributed by atoms with Crippen LogP contribution in [0.3, 0.4) is 0 Å². The Hall–Kier alpha value is -1.31. The molecule has 0 saturated heterocycles. The van der Waals surface area contributed by atoms with Crippen LogP contribution < -0.4 is 0 Å². The lowest BCUT2D eigenvalue weighted by Gasteiger charge is -2.00. The van der Waals surface area contributed by atoms with Crippen molar-refractivity contribution in [3.8, 4) is 6.07 Å². The number of nitrogens with zero attached hydrogens (tertiary/aromatic N) is 3. The van der Waals surface area contributed by atoms with Gasteiger partial charge < -0.3 is 4.57 Å². The predicted molar refractivity (Wildman–Crippen MR) is 55.4 cm³/mol. The van der Waals surface area contributed by atoms with Crippen molar-refractivity contribution in [3.05, 3.63) is 39.6 Å². The quantitative estimate of drug-likeness (QED) is 0.785. The molecule has 70 valence electrons. The largest absolute Gasteiger partial charge is 0.317 e. The molecule has 5 heteroatoms. The van der Waals surface area contributed by atoms with Crippen LogP contribution >= 0.6 is 22.9 Å². The van der Waals surface area contributed by atoms with Crippen molar-refractivity contribution >= 4 is 22.9 Å². The van der Waals surface area contributed by atoms with Gasteiger partial charge in [0.05, 0.1) is 11.6 Å². The second kappa shape index (κ2) is 3.82. The molecule has 0 fully saturated rings. The normalized spacial score (nSPS) is 10.0. The molecule has 0 atom stereocenters. The third-order valence-corrected chi connectivity index (χ3v) is 3.19. The van der Waals surface area contributed by atoms with Crippen molar-refractivity contribution in [1.29, 1.82) is 5.26 Å². The van der Waals surface area contributed by atoms with Crippen LogP contribution in [0.5, 0.6) is 0 Å². The number of hydrogen-bond donors (Lipinski definition) is 0. The van der Waals surface area contributed by atoms with E-state index < -0.39 is 0 Å². The molecule has 0 N–H and O–H groups in total. The minimum absolute atomic E-state index is 0.412. The van der Waals surface area contributed by atoms with E-state index in [1.807, 2.05) is 17.5 Å². The van der Waals surface area contributed by atoms with Crippen molar-refractivity contribution < 1.29 is 0 Å². The molecular weight excluding hydrogens is 218 g/mol. The number of halogens is 1. The fourth-order valence-electron chi connectivity index (χ4n) is 1.14. The molecule has 2 aromatic heterocycles. The molecule has 0 amide bonds. The summed E-state index contributed by atoms with van der Waals surface area (Å²) in [6.45, 7) is 0.611. The average molecular weight is 224 g/mol. The lowest BCUT2D eigenvalue weighted by molar-refractivity contribution is 0.794. The first-order valence-corrected chi connectivity index (χ1v) is 5.20. The lowest BCUT2D eigenvalue weighted by Crippen LogP contribution is -1.99. The van der Waals surface area contributed by atoms with Gasteiger partial charge in [-0.1, -0.05) is 11.6 Å². The lowest BCUT2D eigenvalue weighted by atomic mass is 10.4. The maximum Gasteiger partial charge on any atom is 0.213 e. The summed E-state index contributed by atoms with van der Waals surface area (Å²) >= 11 is 7.52. The van der Waals surface area contributed by atoms with Crippen LogP contribution in [-0.4, -0.2) is 9.55 Å². The monoisotopic (exact) mass is 223 g/mol. The van der Waals surface area contributed by atoms with Crippen LogP contribution in [0.2, 0.25) is 5.02 Å². The number of imidazole rings is 1. The maximum atomic E-state index is 8.74. The highest BCUT2D eigenvalue weighted by Crippen LogP contribution is 2.23. The van der Waals surface area contributed by atoms with Crippen molar-refractivity contribution in [2.45, 2.75) is 6.54 Å². The second-order valence-electron chi connectivity index (χ2n) is 2.68. The fourth-order valence-corrected chi connectivity index (χ4v) is 2.24. The van der Waals surface area contributed by atoms with Gasteiger partial charge in [0.2, 0.25) is 5.82 Å². The van der Waals surface area contributed by atoms with Gasteiger partial charge in [-0.05, 0) is 11.4 Å². The smallest absolute Gasteiger partial charge is 0.213 e. The topological polar surface area (TPSA) is 41.6 Å². The van der Waals surface area contributed by atoms with Gasteiger partial charge in [0, 0.05) is 17.3 Å². The summed E-state index contributed by atoms with van der Waals surface area (Å²) in [6.07, 6.45) is 3.38. The van der Waals surface area contributed by atoms with Crippen LogP contribution in [0.25, 0.3) is 0 Å². The van der Waals surface area contributed by atoms with Gasteiger partial charge in [-0.3, -0.25) is 0 Å². The van der Waals surface area contributed by atoms with E-state index in [0.29, 0.717) is 12.4 Å². The van der Waals surface area contributed by atoms with E-state index in [2.05, 4.69) is 4.98 Å². The molecule has 3 nitrogen and oxygen atoms in total. The molecule has 2 heterocycles. The Labute approximate surface area is 90.2 Å². The first-order chi connectivity index (χ1) is 6.81. The number of aromatic nitrogens is 2. The van der Waals surface area contributed by atoms with E-state index in [9.17, 15) is 0 Å². The Balaban J connectivity index is 2.28. The second-order valence-corrected chi connectivity index (χ2v) is 4.09. The van der Waals surface area contributed by atoms with Crippen molar-refractivity contribution in [2.75, 3.05) is 0 Å². The molecule has 0 saturated carbocycles. The highest BCUT2D eigenvalue weighted by molar-refractivity contribution is 7.10. The molecule has 2 aromatic rings. The van der Waals surface area contributed by atoms with E-state index in [4.69, 9.17) is 16.9 Å². The maximum absolute atomic E-state index is 8.74. The molecule has 0 aliphatic carbocycles. The van der Waals surface area contributed by atoms with Crippen molar-refractivity contribution in [1.82, 2.24) is 9.55 Å². The van der Waals surface area contributed by atoms with Gasteiger partial charge in [0.15, 0.2) is 0 Å². The summed E-state index contributed by atoms with van der Waals surface area (Å²) in [5, 5.41) is 11.4. The molecule has 0 bridgehead atoms.